The lowest BCUT2D eigenvalue weighted by molar-refractivity contribution is -0.167. The number of carbonyl (C=O) groups is 3. The first-order valence-electron chi connectivity index (χ1n) is 31.9. The SMILES string of the molecule is CC/C=C\C/C=C\C/C=C\C/C=C\C/C=C\C/C=C\CCCCC(=O)OCC(COC(=O)CCCCCCCCC/C=C\C/C=C\CCCCCC)OC(=O)CCCCCCCCCCC/C=C\CCCCCCCC. The van der Waals surface area contributed by atoms with Crippen LogP contribution in [0.15, 0.2) is 109 Å². The van der Waals surface area contributed by atoms with E-state index in [0.717, 1.165) is 109 Å². The molecule has 0 N–H and O–H groups in total. The maximum absolute atomic E-state index is 12.9. The molecule has 434 valence electrons. The summed E-state index contributed by atoms with van der Waals surface area (Å²) >= 11 is 0. The van der Waals surface area contributed by atoms with E-state index in [2.05, 4.69) is 130 Å². The molecule has 0 aliphatic carbocycles. The van der Waals surface area contributed by atoms with Crippen LogP contribution in [-0.2, 0) is 28.6 Å². The third-order valence-electron chi connectivity index (χ3n) is 13.5. The highest BCUT2D eigenvalue weighted by Gasteiger charge is 2.19. The van der Waals surface area contributed by atoms with Crippen molar-refractivity contribution in [1.82, 2.24) is 0 Å². The molecular formula is C70H118O6. The Hall–Kier alpha value is -3.93. The van der Waals surface area contributed by atoms with Crippen LogP contribution in [0, 0.1) is 0 Å². The Kier molecular flexibility index (Phi) is 60.3. The van der Waals surface area contributed by atoms with E-state index in [9.17, 15) is 14.4 Å². The number of carbonyl (C=O) groups excluding carboxylic acids is 3. The summed E-state index contributed by atoms with van der Waals surface area (Å²) in [6, 6.07) is 0. The molecule has 0 radical (unpaired) electrons. The third-order valence-corrected chi connectivity index (χ3v) is 13.5. The highest BCUT2D eigenvalue weighted by molar-refractivity contribution is 5.71. The number of ether oxygens (including phenoxy) is 3. The fourth-order valence-electron chi connectivity index (χ4n) is 8.71. The van der Waals surface area contributed by atoms with Gasteiger partial charge in [-0.3, -0.25) is 14.4 Å². The largest absolute Gasteiger partial charge is 0.462 e. The van der Waals surface area contributed by atoms with Crippen molar-refractivity contribution in [2.75, 3.05) is 13.2 Å². The van der Waals surface area contributed by atoms with Gasteiger partial charge in [0.15, 0.2) is 6.10 Å². The Morgan fingerprint density at radius 2 is 0.513 bits per heavy atom. The number of esters is 3. The van der Waals surface area contributed by atoms with Gasteiger partial charge in [-0.1, -0.05) is 259 Å². The van der Waals surface area contributed by atoms with Gasteiger partial charge in [-0.05, 0) is 128 Å². The Balaban J connectivity index is 4.48. The minimum Gasteiger partial charge on any atom is -0.462 e. The standard InChI is InChI=1S/C70H118O6/c1-4-7-10-13-16-19-22-25-28-31-34-35-37-39-42-45-48-51-54-57-60-63-69(72)75-66-67(65-74-68(71)62-59-56-53-50-47-44-41-38-33-30-27-24-21-18-15-12-9-6-3)76-70(73)64-61-58-55-52-49-46-43-40-36-32-29-26-23-20-17-14-11-8-5-2/h7,10,16,19,21,24-26,28-30,33-35,39,42,48,51,67H,4-6,8-9,11-15,17-18,20,22-23,27,31-32,36-38,40-41,43-47,49-50,52-66H2,1-3H3/b10-7-,19-16-,24-21-,28-25-,29-26-,33-30-,35-34-,42-39-,51-48-. The fourth-order valence-corrected chi connectivity index (χ4v) is 8.71. The predicted octanol–water partition coefficient (Wildman–Crippen LogP) is 21.8. The minimum absolute atomic E-state index is 0.0974. The molecule has 0 bridgehead atoms. The highest BCUT2D eigenvalue weighted by atomic mass is 16.6. The van der Waals surface area contributed by atoms with E-state index in [1.54, 1.807) is 0 Å². The second-order valence-corrected chi connectivity index (χ2v) is 20.9. The van der Waals surface area contributed by atoms with Gasteiger partial charge in [0.2, 0.25) is 0 Å². The lowest BCUT2D eigenvalue weighted by Crippen LogP contribution is -2.30. The summed E-state index contributed by atoms with van der Waals surface area (Å²) in [5, 5.41) is 0. The summed E-state index contributed by atoms with van der Waals surface area (Å²) in [6.07, 6.45) is 86.6. The van der Waals surface area contributed by atoms with Crippen LogP contribution in [0.3, 0.4) is 0 Å². The van der Waals surface area contributed by atoms with E-state index in [-0.39, 0.29) is 31.1 Å². The Bertz CT molecular complexity index is 1540. The van der Waals surface area contributed by atoms with Crippen LogP contribution in [-0.4, -0.2) is 37.2 Å². The van der Waals surface area contributed by atoms with Crippen molar-refractivity contribution in [3.05, 3.63) is 109 Å². The molecule has 0 aromatic carbocycles. The van der Waals surface area contributed by atoms with Crippen LogP contribution >= 0.6 is 0 Å². The number of hydrogen-bond acceptors (Lipinski definition) is 6. The van der Waals surface area contributed by atoms with Crippen molar-refractivity contribution in [2.45, 2.75) is 303 Å². The van der Waals surface area contributed by atoms with E-state index in [1.165, 1.54) is 148 Å². The van der Waals surface area contributed by atoms with Crippen LogP contribution < -0.4 is 0 Å². The first kappa shape index (κ1) is 72.1. The average molecular weight is 1060 g/mol. The number of allylic oxidation sites excluding steroid dienone is 18. The molecule has 0 aliphatic rings. The molecule has 0 amide bonds. The molecular weight excluding hydrogens is 937 g/mol. The Morgan fingerprint density at radius 1 is 0.276 bits per heavy atom. The minimum atomic E-state index is -0.804. The van der Waals surface area contributed by atoms with Crippen LogP contribution in [0.5, 0.6) is 0 Å². The van der Waals surface area contributed by atoms with E-state index >= 15 is 0 Å². The molecule has 0 spiro atoms. The third kappa shape index (κ3) is 60.9. The first-order chi connectivity index (χ1) is 37.5. The van der Waals surface area contributed by atoms with Gasteiger partial charge in [0.25, 0.3) is 0 Å². The molecule has 1 unspecified atom stereocenters. The summed E-state index contributed by atoms with van der Waals surface area (Å²) in [5.41, 5.74) is 0. The van der Waals surface area contributed by atoms with Gasteiger partial charge in [-0.2, -0.15) is 0 Å². The average Bonchev–Trinajstić information content (AvgIpc) is 3.42. The molecule has 0 aliphatic heterocycles. The van der Waals surface area contributed by atoms with Crippen LogP contribution in [0.4, 0.5) is 0 Å². The topological polar surface area (TPSA) is 78.9 Å². The summed E-state index contributed by atoms with van der Waals surface area (Å²) < 4.78 is 16.9. The second-order valence-electron chi connectivity index (χ2n) is 20.9. The zero-order valence-corrected chi connectivity index (χ0v) is 49.7. The molecule has 6 heteroatoms. The summed E-state index contributed by atoms with van der Waals surface area (Å²) in [5.74, 6) is -0.944. The molecule has 0 heterocycles. The van der Waals surface area contributed by atoms with E-state index in [4.69, 9.17) is 14.2 Å². The van der Waals surface area contributed by atoms with Gasteiger partial charge in [-0.25, -0.2) is 0 Å². The van der Waals surface area contributed by atoms with Gasteiger partial charge in [0.05, 0.1) is 0 Å². The quantitative estimate of drug-likeness (QED) is 0.0261. The normalized spacial score (nSPS) is 12.8. The predicted molar refractivity (Wildman–Crippen MR) is 330 cm³/mol. The Labute approximate surface area is 470 Å². The molecule has 76 heavy (non-hydrogen) atoms. The fraction of sp³-hybridized carbons (Fsp3) is 0.700. The number of hydrogen-bond donors (Lipinski definition) is 0. The van der Waals surface area contributed by atoms with Crippen molar-refractivity contribution in [3.63, 3.8) is 0 Å². The molecule has 0 saturated carbocycles. The van der Waals surface area contributed by atoms with Gasteiger partial charge in [0, 0.05) is 19.3 Å². The molecule has 6 nitrogen and oxygen atoms in total. The zero-order chi connectivity index (χ0) is 55.0. The van der Waals surface area contributed by atoms with Crippen LogP contribution in [0.1, 0.15) is 297 Å². The Morgan fingerprint density at radius 3 is 0.855 bits per heavy atom. The number of unbranched alkanes of at least 4 members (excludes halogenated alkanes) is 28. The van der Waals surface area contributed by atoms with Crippen molar-refractivity contribution >= 4 is 17.9 Å². The molecule has 0 rings (SSSR count). The molecule has 0 saturated heterocycles. The van der Waals surface area contributed by atoms with Crippen molar-refractivity contribution in [2.24, 2.45) is 0 Å². The maximum atomic E-state index is 12.9. The summed E-state index contributed by atoms with van der Waals surface area (Å²) in [6.45, 7) is 6.48. The lowest BCUT2D eigenvalue weighted by atomic mass is 10.1. The summed E-state index contributed by atoms with van der Waals surface area (Å²) in [4.78, 5) is 38.3. The monoisotopic (exact) mass is 1050 g/mol. The van der Waals surface area contributed by atoms with Crippen molar-refractivity contribution in [1.29, 1.82) is 0 Å². The van der Waals surface area contributed by atoms with Crippen LogP contribution in [0.25, 0.3) is 0 Å². The smallest absolute Gasteiger partial charge is 0.306 e. The van der Waals surface area contributed by atoms with Gasteiger partial charge < -0.3 is 14.2 Å². The van der Waals surface area contributed by atoms with Crippen molar-refractivity contribution < 1.29 is 28.6 Å². The van der Waals surface area contributed by atoms with Gasteiger partial charge >= 0.3 is 17.9 Å². The highest BCUT2D eigenvalue weighted by Crippen LogP contribution is 2.15. The zero-order valence-electron chi connectivity index (χ0n) is 49.7. The summed E-state index contributed by atoms with van der Waals surface area (Å²) in [7, 11) is 0. The van der Waals surface area contributed by atoms with E-state index in [1.807, 2.05) is 0 Å². The number of rotatable bonds is 57. The maximum Gasteiger partial charge on any atom is 0.306 e. The molecule has 0 fully saturated rings. The molecule has 0 aromatic rings. The van der Waals surface area contributed by atoms with E-state index in [0.29, 0.717) is 19.3 Å². The van der Waals surface area contributed by atoms with Crippen molar-refractivity contribution in [3.8, 4) is 0 Å². The van der Waals surface area contributed by atoms with Gasteiger partial charge in [0.1, 0.15) is 13.2 Å². The van der Waals surface area contributed by atoms with Crippen LogP contribution in [0.2, 0.25) is 0 Å². The van der Waals surface area contributed by atoms with E-state index < -0.39 is 6.10 Å². The first-order valence-corrected chi connectivity index (χ1v) is 31.9. The molecule has 0 aromatic heterocycles. The van der Waals surface area contributed by atoms with Gasteiger partial charge in [-0.15, -0.1) is 0 Å². The lowest BCUT2D eigenvalue weighted by Gasteiger charge is -2.18. The second kappa shape index (κ2) is 63.6. The molecule has 1 atom stereocenters.